The topological polar surface area (TPSA) is 44.1 Å². The number of ether oxygens (including phenoxy) is 1. The zero-order chi connectivity index (χ0) is 20.2. The van der Waals surface area contributed by atoms with E-state index in [1.54, 1.807) is 0 Å². The van der Waals surface area contributed by atoms with E-state index < -0.39 is 0 Å². The summed E-state index contributed by atoms with van der Waals surface area (Å²) in [5.41, 5.74) is 2.07. The normalized spacial score (nSPS) is 12.4. The summed E-state index contributed by atoms with van der Waals surface area (Å²) >= 11 is 0. The van der Waals surface area contributed by atoms with E-state index in [9.17, 15) is 4.79 Å². The Bertz CT molecular complexity index is 708. The lowest BCUT2D eigenvalue weighted by atomic mass is 10.1. The Balaban J connectivity index is 1.85. The van der Waals surface area contributed by atoms with Gasteiger partial charge in [0.2, 0.25) is 0 Å². The SMILES string of the molecule is CCCCCCCCCCCCn1c(C(C)C(=O)OCC)nc2ccccc21. The van der Waals surface area contributed by atoms with Crippen LogP contribution in [-0.2, 0) is 16.1 Å². The van der Waals surface area contributed by atoms with Gasteiger partial charge < -0.3 is 9.30 Å². The fraction of sp³-hybridized carbons (Fsp3) is 0.667. The summed E-state index contributed by atoms with van der Waals surface area (Å²) < 4.78 is 7.45. The molecule has 0 aliphatic carbocycles. The molecule has 0 aliphatic rings. The quantitative estimate of drug-likeness (QED) is 0.270. The average Bonchev–Trinajstić information content (AvgIpc) is 3.07. The van der Waals surface area contributed by atoms with Crippen LogP contribution in [0.2, 0.25) is 0 Å². The van der Waals surface area contributed by atoms with E-state index in [0.29, 0.717) is 6.61 Å². The number of nitrogens with zero attached hydrogens (tertiary/aromatic N) is 2. The van der Waals surface area contributed by atoms with Crippen LogP contribution in [0.1, 0.15) is 96.7 Å². The van der Waals surface area contributed by atoms with Crippen molar-refractivity contribution in [2.24, 2.45) is 0 Å². The Morgan fingerprint density at radius 2 is 1.57 bits per heavy atom. The average molecular weight is 387 g/mol. The first-order valence-electron chi connectivity index (χ1n) is 11.3. The van der Waals surface area contributed by atoms with Gasteiger partial charge in [-0.3, -0.25) is 4.79 Å². The number of rotatable bonds is 14. The van der Waals surface area contributed by atoms with Crippen molar-refractivity contribution in [1.29, 1.82) is 0 Å². The number of fused-ring (bicyclic) bond motifs is 1. The Kier molecular flexibility index (Phi) is 10.1. The molecule has 4 nitrogen and oxygen atoms in total. The summed E-state index contributed by atoms with van der Waals surface area (Å²) in [4.78, 5) is 17.0. The summed E-state index contributed by atoms with van der Waals surface area (Å²) in [6.07, 6.45) is 13.2. The van der Waals surface area contributed by atoms with Gasteiger partial charge in [-0.15, -0.1) is 0 Å². The van der Waals surface area contributed by atoms with Crippen molar-refractivity contribution >= 4 is 17.0 Å². The number of para-hydroxylation sites is 2. The second-order valence-electron chi connectivity index (χ2n) is 7.77. The van der Waals surface area contributed by atoms with Crippen LogP contribution in [0, 0.1) is 0 Å². The van der Waals surface area contributed by atoms with Gasteiger partial charge in [-0.2, -0.15) is 0 Å². The molecule has 0 aliphatic heterocycles. The number of esters is 1. The molecular formula is C24H38N2O2. The lowest BCUT2D eigenvalue weighted by Crippen LogP contribution is -2.18. The Morgan fingerprint density at radius 3 is 2.21 bits per heavy atom. The number of hydrogen-bond donors (Lipinski definition) is 0. The molecule has 0 saturated heterocycles. The van der Waals surface area contributed by atoms with E-state index in [-0.39, 0.29) is 11.9 Å². The van der Waals surface area contributed by atoms with Crippen LogP contribution in [0.4, 0.5) is 0 Å². The van der Waals surface area contributed by atoms with Gasteiger partial charge in [-0.1, -0.05) is 76.8 Å². The first kappa shape index (κ1) is 22.4. The predicted molar refractivity (Wildman–Crippen MR) is 117 cm³/mol. The summed E-state index contributed by atoms with van der Waals surface area (Å²) in [5.74, 6) is 0.299. The molecule has 28 heavy (non-hydrogen) atoms. The summed E-state index contributed by atoms with van der Waals surface area (Å²) in [6.45, 7) is 7.33. The third kappa shape index (κ3) is 6.65. The molecule has 1 heterocycles. The number of hydrogen-bond acceptors (Lipinski definition) is 3. The van der Waals surface area contributed by atoms with E-state index in [2.05, 4.69) is 17.6 Å². The van der Waals surface area contributed by atoms with Crippen LogP contribution in [0.25, 0.3) is 11.0 Å². The third-order valence-electron chi connectivity index (χ3n) is 5.45. The number of imidazole rings is 1. The van der Waals surface area contributed by atoms with E-state index in [1.165, 1.54) is 57.8 Å². The lowest BCUT2D eigenvalue weighted by Gasteiger charge is -2.14. The molecule has 1 atom stereocenters. The Hall–Kier alpha value is -1.84. The minimum Gasteiger partial charge on any atom is -0.465 e. The zero-order valence-corrected chi connectivity index (χ0v) is 18.1. The number of aromatic nitrogens is 2. The molecule has 0 radical (unpaired) electrons. The van der Waals surface area contributed by atoms with Crippen LogP contribution >= 0.6 is 0 Å². The van der Waals surface area contributed by atoms with Gasteiger partial charge in [0.05, 0.1) is 17.6 Å². The molecule has 0 spiro atoms. The third-order valence-corrected chi connectivity index (χ3v) is 5.45. The predicted octanol–water partition coefficient (Wildman–Crippen LogP) is 6.62. The van der Waals surface area contributed by atoms with E-state index in [1.807, 2.05) is 32.0 Å². The highest BCUT2D eigenvalue weighted by atomic mass is 16.5. The minimum atomic E-state index is -0.338. The highest BCUT2D eigenvalue weighted by Crippen LogP contribution is 2.24. The molecule has 0 bridgehead atoms. The highest BCUT2D eigenvalue weighted by molar-refractivity contribution is 5.81. The van der Waals surface area contributed by atoms with Crippen molar-refractivity contribution in [3.05, 3.63) is 30.1 Å². The molecule has 0 fully saturated rings. The fourth-order valence-electron chi connectivity index (χ4n) is 3.79. The van der Waals surface area contributed by atoms with Crippen molar-refractivity contribution in [2.45, 2.75) is 97.4 Å². The molecule has 1 unspecified atom stereocenters. The van der Waals surface area contributed by atoms with Gasteiger partial charge in [0.15, 0.2) is 0 Å². The van der Waals surface area contributed by atoms with Crippen LogP contribution in [0.5, 0.6) is 0 Å². The van der Waals surface area contributed by atoms with Crippen molar-refractivity contribution in [3.63, 3.8) is 0 Å². The molecule has 0 amide bonds. The van der Waals surface area contributed by atoms with E-state index >= 15 is 0 Å². The van der Waals surface area contributed by atoms with Crippen LogP contribution in [0.3, 0.4) is 0 Å². The molecule has 0 N–H and O–H groups in total. The van der Waals surface area contributed by atoms with Crippen molar-refractivity contribution < 1.29 is 9.53 Å². The van der Waals surface area contributed by atoms with Gasteiger partial charge in [-0.05, 0) is 32.4 Å². The monoisotopic (exact) mass is 386 g/mol. The Morgan fingerprint density at radius 1 is 0.964 bits per heavy atom. The van der Waals surface area contributed by atoms with Crippen molar-refractivity contribution in [3.8, 4) is 0 Å². The molecule has 2 rings (SSSR count). The van der Waals surface area contributed by atoms with E-state index in [0.717, 1.165) is 29.8 Å². The first-order chi connectivity index (χ1) is 13.7. The molecule has 1 aromatic carbocycles. The summed E-state index contributed by atoms with van der Waals surface area (Å²) in [7, 11) is 0. The smallest absolute Gasteiger partial charge is 0.316 e. The summed E-state index contributed by atoms with van der Waals surface area (Å²) in [5, 5.41) is 0. The molecule has 4 heteroatoms. The van der Waals surface area contributed by atoms with Gasteiger partial charge in [0.1, 0.15) is 11.7 Å². The maximum Gasteiger partial charge on any atom is 0.316 e. The molecule has 1 aromatic heterocycles. The molecular weight excluding hydrogens is 348 g/mol. The van der Waals surface area contributed by atoms with Gasteiger partial charge in [0, 0.05) is 6.54 Å². The number of unbranched alkanes of at least 4 members (excludes halogenated alkanes) is 9. The van der Waals surface area contributed by atoms with Crippen LogP contribution in [0.15, 0.2) is 24.3 Å². The lowest BCUT2D eigenvalue weighted by molar-refractivity contribution is -0.144. The molecule has 156 valence electrons. The highest BCUT2D eigenvalue weighted by Gasteiger charge is 2.23. The van der Waals surface area contributed by atoms with Crippen molar-refractivity contribution in [1.82, 2.24) is 9.55 Å². The Labute approximate surface area is 170 Å². The first-order valence-corrected chi connectivity index (χ1v) is 11.3. The molecule has 0 saturated carbocycles. The van der Waals surface area contributed by atoms with Gasteiger partial charge in [0.25, 0.3) is 0 Å². The number of benzene rings is 1. The standard InChI is InChI=1S/C24H38N2O2/c1-4-6-7-8-9-10-11-12-13-16-19-26-22-18-15-14-17-21(22)25-23(26)20(3)24(27)28-5-2/h14-15,17-18,20H,4-13,16,19H2,1-3H3. The minimum absolute atomic E-state index is 0.192. The second kappa shape index (κ2) is 12.6. The van der Waals surface area contributed by atoms with Crippen LogP contribution in [-0.4, -0.2) is 22.1 Å². The van der Waals surface area contributed by atoms with Gasteiger partial charge >= 0.3 is 5.97 Å². The zero-order valence-electron chi connectivity index (χ0n) is 18.1. The number of aryl methyl sites for hydroxylation is 1. The largest absolute Gasteiger partial charge is 0.465 e. The van der Waals surface area contributed by atoms with Crippen molar-refractivity contribution in [2.75, 3.05) is 6.61 Å². The van der Waals surface area contributed by atoms with E-state index in [4.69, 9.17) is 9.72 Å². The maximum atomic E-state index is 12.2. The maximum absolute atomic E-state index is 12.2. The van der Waals surface area contributed by atoms with Gasteiger partial charge in [-0.25, -0.2) is 4.98 Å². The summed E-state index contributed by atoms with van der Waals surface area (Å²) in [6, 6.07) is 8.16. The number of carbonyl (C=O) groups excluding carboxylic acids is 1. The number of carbonyl (C=O) groups is 1. The second-order valence-corrected chi connectivity index (χ2v) is 7.77. The molecule has 2 aromatic rings. The van der Waals surface area contributed by atoms with Crippen LogP contribution < -0.4 is 0 Å². The fourth-order valence-corrected chi connectivity index (χ4v) is 3.79.